The molecule has 0 fully saturated rings. The molecule has 11 N–H and O–H groups in total. The number of carbonyl (C=O) groups excluding carboxylic acids is 5. The van der Waals surface area contributed by atoms with Crippen molar-refractivity contribution in [1.29, 1.82) is 0 Å². The van der Waals surface area contributed by atoms with E-state index in [1.165, 1.54) is 0 Å². The fraction of sp³-hybridized carbons (Fsp3) is 0.696. The molecular weight excluding hydrogens is 520 g/mol. The molecule has 39 heavy (non-hydrogen) atoms. The molecule has 0 aromatic carbocycles. The molecule has 0 aliphatic rings. The molecule has 0 saturated carbocycles. The summed E-state index contributed by atoms with van der Waals surface area (Å²) in [6.45, 7) is 7.58. The van der Waals surface area contributed by atoms with Gasteiger partial charge in [0.2, 0.25) is 29.5 Å². The van der Waals surface area contributed by atoms with E-state index in [0.29, 0.717) is 0 Å². The summed E-state index contributed by atoms with van der Waals surface area (Å²) in [7, 11) is 0. The fourth-order valence-electron chi connectivity index (χ4n) is 3.23. The zero-order valence-electron chi connectivity index (χ0n) is 22.6. The van der Waals surface area contributed by atoms with Crippen molar-refractivity contribution in [2.45, 2.75) is 90.2 Å². The zero-order valence-corrected chi connectivity index (χ0v) is 22.6. The molecule has 222 valence electrons. The maximum absolute atomic E-state index is 12.9. The van der Waals surface area contributed by atoms with E-state index < -0.39 is 96.5 Å². The second-order valence-corrected chi connectivity index (χ2v) is 9.78. The van der Waals surface area contributed by atoms with E-state index in [9.17, 15) is 43.8 Å². The number of aliphatic carboxylic acids is 2. The number of nitrogens with one attached hydrogen (secondary N) is 4. The molecule has 0 aromatic rings. The highest BCUT2D eigenvalue weighted by Crippen LogP contribution is 2.06. The Morgan fingerprint density at radius 1 is 0.667 bits per heavy atom. The Hall–Kier alpha value is -3.79. The van der Waals surface area contributed by atoms with Crippen LogP contribution in [0.3, 0.4) is 0 Å². The van der Waals surface area contributed by atoms with Gasteiger partial charge >= 0.3 is 11.9 Å². The number of aliphatic hydroxyl groups excluding tert-OH is 1. The van der Waals surface area contributed by atoms with Crippen molar-refractivity contribution in [1.82, 2.24) is 21.3 Å². The molecule has 0 unspecified atom stereocenters. The highest BCUT2D eigenvalue weighted by atomic mass is 16.4. The largest absolute Gasteiger partial charge is 0.481 e. The van der Waals surface area contributed by atoms with Gasteiger partial charge in [0.15, 0.2) is 0 Å². The average molecular weight is 561 g/mol. The van der Waals surface area contributed by atoms with Crippen LogP contribution in [0.4, 0.5) is 0 Å². The normalized spacial score (nSPS) is 15.7. The Kier molecular flexibility index (Phi) is 14.7. The van der Waals surface area contributed by atoms with E-state index in [0.717, 1.165) is 6.92 Å². The summed E-state index contributed by atoms with van der Waals surface area (Å²) in [4.78, 5) is 84.9. The van der Waals surface area contributed by atoms with Crippen LogP contribution >= 0.6 is 0 Å². The van der Waals surface area contributed by atoms with E-state index >= 15 is 0 Å². The monoisotopic (exact) mass is 560 g/mol. The summed E-state index contributed by atoms with van der Waals surface area (Å²) in [5.74, 6) is -8.40. The van der Waals surface area contributed by atoms with Crippen molar-refractivity contribution < 1.29 is 48.9 Å². The molecule has 0 rings (SSSR count). The number of amides is 5. The quantitative estimate of drug-likeness (QED) is 0.0852. The number of aliphatic hydroxyl groups is 1. The fourth-order valence-corrected chi connectivity index (χ4v) is 3.23. The van der Waals surface area contributed by atoms with Crippen LogP contribution in [0.2, 0.25) is 0 Å². The van der Waals surface area contributed by atoms with Gasteiger partial charge in [0.1, 0.15) is 24.2 Å². The van der Waals surface area contributed by atoms with Crippen molar-refractivity contribution in [3.05, 3.63) is 0 Å². The number of rotatable bonds is 17. The van der Waals surface area contributed by atoms with Gasteiger partial charge in [-0.15, -0.1) is 0 Å². The molecule has 0 radical (unpaired) electrons. The third-order valence-electron chi connectivity index (χ3n) is 5.65. The first-order chi connectivity index (χ1) is 17.9. The molecule has 0 heterocycles. The van der Waals surface area contributed by atoms with E-state index in [1.807, 2.05) is 0 Å². The van der Waals surface area contributed by atoms with Gasteiger partial charge < -0.3 is 48.1 Å². The van der Waals surface area contributed by atoms with Gasteiger partial charge in [-0.25, -0.2) is 0 Å². The van der Waals surface area contributed by atoms with Crippen LogP contribution in [0, 0.1) is 11.8 Å². The SMILES string of the molecule is CC(C)[C@H](N)C(=O)N[C@@H](CCC(=O)O)C(=O)N[C@H](C(=O)N[C@@H](CC(=O)O)C(=O)N[C@H](C(N)=O)C(C)C)[C@@H](C)O. The van der Waals surface area contributed by atoms with Gasteiger partial charge in [-0.3, -0.25) is 33.6 Å². The molecule has 0 aliphatic heterocycles. The number of carboxylic acids is 2. The number of nitrogens with two attached hydrogens (primary N) is 2. The predicted molar refractivity (Wildman–Crippen MR) is 135 cm³/mol. The minimum atomic E-state index is -1.75. The number of hydrogen-bond acceptors (Lipinski definition) is 9. The van der Waals surface area contributed by atoms with Crippen molar-refractivity contribution >= 4 is 41.5 Å². The minimum Gasteiger partial charge on any atom is -0.481 e. The molecule has 0 aliphatic carbocycles. The molecule has 0 saturated heterocycles. The van der Waals surface area contributed by atoms with Crippen LogP contribution in [0.5, 0.6) is 0 Å². The van der Waals surface area contributed by atoms with Crippen LogP contribution in [0.25, 0.3) is 0 Å². The lowest BCUT2D eigenvalue weighted by atomic mass is 10.0. The summed E-state index contributed by atoms with van der Waals surface area (Å²) in [5.41, 5.74) is 11.0. The Morgan fingerprint density at radius 3 is 1.56 bits per heavy atom. The van der Waals surface area contributed by atoms with Gasteiger partial charge in [-0.1, -0.05) is 27.7 Å². The first kappa shape index (κ1) is 35.2. The van der Waals surface area contributed by atoms with Gasteiger partial charge in [0.05, 0.1) is 18.6 Å². The van der Waals surface area contributed by atoms with Crippen molar-refractivity contribution in [3.63, 3.8) is 0 Å². The van der Waals surface area contributed by atoms with E-state index in [2.05, 4.69) is 21.3 Å². The average Bonchev–Trinajstić information content (AvgIpc) is 2.80. The molecule has 16 heteroatoms. The zero-order chi connectivity index (χ0) is 30.6. The first-order valence-corrected chi connectivity index (χ1v) is 12.3. The van der Waals surface area contributed by atoms with Gasteiger partial charge in [0.25, 0.3) is 0 Å². The molecule has 0 aromatic heterocycles. The predicted octanol–water partition coefficient (Wildman–Crippen LogP) is -3.23. The maximum Gasteiger partial charge on any atom is 0.305 e. The topological polar surface area (TPSA) is 280 Å². The second kappa shape index (κ2) is 16.2. The summed E-state index contributed by atoms with van der Waals surface area (Å²) in [6, 6.07) is -7.12. The summed E-state index contributed by atoms with van der Waals surface area (Å²) in [5, 5.41) is 37.2. The number of primary amides is 1. The van der Waals surface area contributed by atoms with Crippen LogP contribution < -0.4 is 32.7 Å². The third-order valence-corrected chi connectivity index (χ3v) is 5.65. The van der Waals surface area contributed by atoms with E-state index in [4.69, 9.17) is 16.6 Å². The highest BCUT2D eigenvalue weighted by molar-refractivity contribution is 5.97. The van der Waals surface area contributed by atoms with Crippen LogP contribution in [0.15, 0.2) is 0 Å². The van der Waals surface area contributed by atoms with E-state index in [-0.39, 0.29) is 12.3 Å². The molecular formula is C23H40N6O10. The lowest BCUT2D eigenvalue weighted by Crippen LogP contribution is -2.61. The molecule has 0 spiro atoms. The molecule has 5 amide bonds. The maximum atomic E-state index is 12.9. The van der Waals surface area contributed by atoms with Crippen molar-refractivity contribution in [2.75, 3.05) is 0 Å². The summed E-state index contributed by atoms with van der Waals surface area (Å²) >= 11 is 0. The first-order valence-electron chi connectivity index (χ1n) is 12.3. The minimum absolute atomic E-state index is 0.314. The van der Waals surface area contributed by atoms with Crippen LogP contribution in [-0.4, -0.2) is 93.1 Å². The summed E-state index contributed by atoms with van der Waals surface area (Å²) in [6.07, 6.45) is -3.39. The number of carboxylic acid groups (broad SMARTS) is 2. The Morgan fingerprint density at radius 2 is 1.15 bits per heavy atom. The Labute approximate surface area is 225 Å². The molecule has 6 atom stereocenters. The Balaban J connectivity index is 5.83. The Bertz CT molecular complexity index is 923. The van der Waals surface area contributed by atoms with Crippen LogP contribution in [0.1, 0.15) is 53.9 Å². The molecule has 0 bridgehead atoms. The number of hydrogen-bond donors (Lipinski definition) is 9. The highest BCUT2D eigenvalue weighted by Gasteiger charge is 2.35. The van der Waals surface area contributed by atoms with Gasteiger partial charge in [-0.05, 0) is 25.2 Å². The summed E-state index contributed by atoms with van der Waals surface area (Å²) < 4.78 is 0. The van der Waals surface area contributed by atoms with Crippen LogP contribution in [-0.2, 0) is 33.6 Å². The van der Waals surface area contributed by atoms with Crippen molar-refractivity contribution in [3.8, 4) is 0 Å². The molecule has 16 nitrogen and oxygen atoms in total. The third kappa shape index (κ3) is 12.5. The number of carbonyl (C=O) groups is 7. The van der Waals surface area contributed by atoms with Gasteiger partial charge in [0, 0.05) is 6.42 Å². The van der Waals surface area contributed by atoms with Gasteiger partial charge in [-0.2, -0.15) is 0 Å². The second-order valence-electron chi connectivity index (χ2n) is 9.78. The lowest BCUT2D eigenvalue weighted by molar-refractivity contribution is -0.142. The van der Waals surface area contributed by atoms with E-state index in [1.54, 1.807) is 27.7 Å². The lowest BCUT2D eigenvalue weighted by Gasteiger charge is -2.28. The smallest absolute Gasteiger partial charge is 0.305 e. The van der Waals surface area contributed by atoms with Crippen molar-refractivity contribution in [2.24, 2.45) is 23.3 Å². The standard InChI is InChI=1S/C23H40N6O10/c1-9(2)16(24)22(38)26-12(6-7-14(31)32)20(36)29-18(11(5)30)23(39)27-13(8-15(33)34)21(37)28-17(10(3)4)19(25)35/h9-13,16-18,30H,6-8,24H2,1-5H3,(H2,25,35)(H,26,38)(H,27,39)(H,28,37)(H,29,36)(H,31,32)(H,33,34)/t11-,12+,13+,16+,17+,18+/m1/s1.